The number of fused-ring (bicyclic) bond motifs is 1. The summed E-state index contributed by atoms with van der Waals surface area (Å²) in [7, 11) is 0. The Labute approximate surface area is 190 Å². The summed E-state index contributed by atoms with van der Waals surface area (Å²) in [6, 6.07) is 26.1. The van der Waals surface area contributed by atoms with E-state index in [9.17, 15) is 0 Å². The predicted octanol–water partition coefficient (Wildman–Crippen LogP) is 6.23. The van der Waals surface area contributed by atoms with Crippen molar-refractivity contribution in [1.29, 1.82) is 0 Å². The van der Waals surface area contributed by atoms with Crippen LogP contribution < -0.4 is 15.1 Å². The second-order valence-electron chi connectivity index (χ2n) is 8.77. The minimum atomic E-state index is 1.03. The van der Waals surface area contributed by atoms with E-state index in [-0.39, 0.29) is 0 Å². The number of anilines is 4. The monoisotopic (exact) mass is 422 g/mol. The zero-order valence-corrected chi connectivity index (χ0v) is 19.1. The molecule has 1 fully saturated rings. The Balaban J connectivity index is 1.31. The molecular weight excluding hydrogens is 392 g/mol. The lowest BCUT2D eigenvalue weighted by Crippen LogP contribution is -2.46. The van der Waals surface area contributed by atoms with E-state index in [1.54, 1.807) is 0 Å². The van der Waals surface area contributed by atoms with Crippen LogP contribution in [-0.4, -0.2) is 31.2 Å². The summed E-state index contributed by atoms with van der Waals surface area (Å²) in [5, 5.41) is 4.81. The van der Waals surface area contributed by atoms with Gasteiger partial charge in [-0.3, -0.25) is 4.98 Å². The van der Waals surface area contributed by atoms with Gasteiger partial charge in [0.25, 0.3) is 0 Å². The summed E-state index contributed by atoms with van der Waals surface area (Å²) in [5.41, 5.74) is 9.39. The van der Waals surface area contributed by atoms with Crippen LogP contribution in [0.2, 0.25) is 0 Å². The van der Waals surface area contributed by atoms with Crippen LogP contribution in [0.5, 0.6) is 0 Å². The third-order valence-corrected chi connectivity index (χ3v) is 6.29. The van der Waals surface area contributed by atoms with Gasteiger partial charge in [0.1, 0.15) is 0 Å². The number of pyridine rings is 1. The lowest BCUT2D eigenvalue weighted by Gasteiger charge is -2.37. The number of para-hydroxylation sites is 1. The van der Waals surface area contributed by atoms with Crippen molar-refractivity contribution in [3.8, 4) is 0 Å². The number of aromatic nitrogens is 1. The largest absolute Gasteiger partial charge is 0.368 e. The van der Waals surface area contributed by atoms with Crippen LogP contribution in [0.3, 0.4) is 0 Å². The summed E-state index contributed by atoms with van der Waals surface area (Å²) in [5.74, 6) is 0. The van der Waals surface area contributed by atoms with Crippen LogP contribution in [-0.2, 0) is 0 Å². The van der Waals surface area contributed by atoms with Crippen molar-refractivity contribution in [3.05, 3.63) is 89.6 Å². The van der Waals surface area contributed by atoms with Crippen LogP contribution in [0.1, 0.15) is 16.8 Å². The SMILES string of the molecule is Cc1cc(C)c2nc(C)cc(Nc3ccc(N4CCN(c5ccccc5)CC4)cc3)c2c1. The van der Waals surface area contributed by atoms with Crippen molar-refractivity contribution >= 4 is 33.7 Å². The first-order valence-electron chi connectivity index (χ1n) is 11.4. The van der Waals surface area contributed by atoms with Gasteiger partial charge in [0, 0.05) is 60.0 Å². The van der Waals surface area contributed by atoms with Crippen molar-refractivity contribution in [2.75, 3.05) is 41.3 Å². The molecule has 0 atom stereocenters. The maximum Gasteiger partial charge on any atom is 0.0755 e. The average molecular weight is 423 g/mol. The lowest BCUT2D eigenvalue weighted by atomic mass is 10.0. The first-order valence-corrected chi connectivity index (χ1v) is 11.4. The van der Waals surface area contributed by atoms with Crippen LogP contribution in [0.25, 0.3) is 10.9 Å². The number of hydrogen-bond donors (Lipinski definition) is 1. The second-order valence-corrected chi connectivity index (χ2v) is 8.77. The van der Waals surface area contributed by atoms with E-state index in [1.165, 1.54) is 27.9 Å². The van der Waals surface area contributed by atoms with Gasteiger partial charge in [0.15, 0.2) is 0 Å². The summed E-state index contributed by atoms with van der Waals surface area (Å²) in [6.45, 7) is 10.5. The average Bonchev–Trinajstić information content (AvgIpc) is 2.81. The first kappa shape index (κ1) is 20.4. The fraction of sp³-hybridized carbons (Fsp3) is 0.250. The van der Waals surface area contributed by atoms with E-state index >= 15 is 0 Å². The van der Waals surface area contributed by atoms with Crippen molar-refractivity contribution < 1.29 is 0 Å². The van der Waals surface area contributed by atoms with E-state index in [0.717, 1.165) is 48.8 Å². The molecule has 4 aromatic rings. The summed E-state index contributed by atoms with van der Waals surface area (Å²) in [4.78, 5) is 9.71. The molecule has 5 rings (SSSR count). The smallest absolute Gasteiger partial charge is 0.0755 e. The maximum atomic E-state index is 4.77. The first-order chi connectivity index (χ1) is 15.6. The normalized spacial score (nSPS) is 14.1. The highest BCUT2D eigenvalue weighted by atomic mass is 15.3. The Hall–Kier alpha value is -3.53. The Morgan fingerprint density at radius 2 is 1.34 bits per heavy atom. The Kier molecular flexibility index (Phi) is 5.44. The van der Waals surface area contributed by atoms with E-state index in [0.29, 0.717) is 0 Å². The molecule has 1 aliphatic heterocycles. The molecule has 0 unspecified atom stereocenters. The fourth-order valence-electron chi connectivity index (χ4n) is 4.69. The molecule has 162 valence electrons. The highest BCUT2D eigenvalue weighted by Crippen LogP contribution is 2.30. The molecule has 0 saturated carbocycles. The van der Waals surface area contributed by atoms with Crippen molar-refractivity contribution in [2.45, 2.75) is 20.8 Å². The standard InChI is InChI=1S/C28H30N4/c1-20-17-21(2)28-26(18-20)27(19-22(3)29-28)30-23-9-11-25(12-10-23)32-15-13-31(14-16-32)24-7-5-4-6-8-24/h4-12,17-19H,13-16H2,1-3H3,(H,29,30). The van der Waals surface area contributed by atoms with Crippen LogP contribution in [0.15, 0.2) is 72.8 Å². The zero-order chi connectivity index (χ0) is 22.1. The number of rotatable bonds is 4. The second kappa shape index (κ2) is 8.54. The molecule has 1 aromatic heterocycles. The molecule has 1 aliphatic rings. The summed E-state index contributed by atoms with van der Waals surface area (Å²) in [6.07, 6.45) is 0. The van der Waals surface area contributed by atoms with Crippen molar-refractivity contribution in [3.63, 3.8) is 0 Å². The highest BCUT2D eigenvalue weighted by molar-refractivity contribution is 5.95. The van der Waals surface area contributed by atoms with E-state index in [1.807, 2.05) is 0 Å². The molecule has 3 aromatic carbocycles. The Morgan fingerprint density at radius 1 is 0.719 bits per heavy atom. The van der Waals surface area contributed by atoms with Gasteiger partial charge in [-0.15, -0.1) is 0 Å². The third-order valence-electron chi connectivity index (χ3n) is 6.29. The van der Waals surface area contributed by atoms with Gasteiger partial charge < -0.3 is 15.1 Å². The number of benzene rings is 3. The lowest BCUT2D eigenvalue weighted by molar-refractivity contribution is 0.653. The molecule has 1 N–H and O–H groups in total. The maximum absolute atomic E-state index is 4.77. The molecule has 0 bridgehead atoms. The quantitative estimate of drug-likeness (QED) is 0.422. The number of piperazine rings is 1. The van der Waals surface area contributed by atoms with Gasteiger partial charge >= 0.3 is 0 Å². The molecule has 0 radical (unpaired) electrons. The van der Waals surface area contributed by atoms with Gasteiger partial charge in [0.2, 0.25) is 0 Å². The minimum Gasteiger partial charge on any atom is -0.368 e. The summed E-state index contributed by atoms with van der Waals surface area (Å²) >= 11 is 0. The molecule has 32 heavy (non-hydrogen) atoms. The van der Waals surface area contributed by atoms with Crippen molar-refractivity contribution in [1.82, 2.24) is 4.98 Å². The molecule has 0 spiro atoms. The zero-order valence-electron chi connectivity index (χ0n) is 19.1. The summed E-state index contributed by atoms with van der Waals surface area (Å²) < 4.78 is 0. The van der Waals surface area contributed by atoms with Gasteiger partial charge in [0.05, 0.1) is 5.52 Å². The van der Waals surface area contributed by atoms with E-state index in [2.05, 4.69) is 109 Å². The molecule has 4 nitrogen and oxygen atoms in total. The number of hydrogen-bond acceptors (Lipinski definition) is 4. The fourth-order valence-corrected chi connectivity index (χ4v) is 4.69. The van der Waals surface area contributed by atoms with Crippen LogP contribution in [0, 0.1) is 20.8 Å². The minimum absolute atomic E-state index is 1.03. The molecule has 2 heterocycles. The van der Waals surface area contributed by atoms with Gasteiger partial charge in [-0.1, -0.05) is 29.8 Å². The van der Waals surface area contributed by atoms with E-state index in [4.69, 9.17) is 4.98 Å². The molecule has 0 amide bonds. The van der Waals surface area contributed by atoms with Crippen molar-refractivity contribution in [2.24, 2.45) is 0 Å². The molecule has 0 aliphatic carbocycles. The molecule has 4 heteroatoms. The molecule has 1 saturated heterocycles. The van der Waals surface area contributed by atoms with Crippen LogP contribution in [0.4, 0.5) is 22.7 Å². The number of aryl methyl sites for hydroxylation is 3. The van der Waals surface area contributed by atoms with Gasteiger partial charge in [-0.25, -0.2) is 0 Å². The van der Waals surface area contributed by atoms with Gasteiger partial charge in [-0.05, 0) is 74.9 Å². The number of nitrogens with zero attached hydrogens (tertiary/aromatic N) is 3. The number of nitrogens with one attached hydrogen (secondary N) is 1. The topological polar surface area (TPSA) is 31.4 Å². The van der Waals surface area contributed by atoms with Crippen LogP contribution >= 0.6 is 0 Å². The van der Waals surface area contributed by atoms with E-state index < -0.39 is 0 Å². The molecular formula is C28H30N4. The highest BCUT2D eigenvalue weighted by Gasteiger charge is 2.17. The Bertz CT molecular complexity index is 1220. The van der Waals surface area contributed by atoms with Gasteiger partial charge in [-0.2, -0.15) is 0 Å². The predicted molar refractivity (Wildman–Crippen MR) is 137 cm³/mol. The Morgan fingerprint density at radius 3 is 2.00 bits per heavy atom. The third kappa shape index (κ3) is 4.13.